The van der Waals surface area contributed by atoms with Crippen LogP contribution in [-0.2, 0) is 0 Å². The molecule has 2 aromatic carbocycles. The average Bonchev–Trinajstić information content (AvgIpc) is 2.66. The van der Waals surface area contributed by atoms with E-state index in [0.717, 1.165) is 28.5 Å². The van der Waals surface area contributed by atoms with Crippen molar-refractivity contribution in [2.45, 2.75) is 32.1 Å². The van der Waals surface area contributed by atoms with Gasteiger partial charge >= 0.3 is 0 Å². The molecule has 1 aliphatic carbocycles. The van der Waals surface area contributed by atoms with Crippen molar-refractivity contribution < 1.29 is 4.79 Å². The van der Waals surface area contributed by atoms with Crippen LogP contribution in [0.3, 0.4) is 0 Å². The molecule has 4 heteroatoms. The zero-order valence-corrected chi connectivity index (χ0v) is 14.2. The molecule has 4 rings (SSSR count). The Morgan fingerprint density at radius 3 is 2.48 bits per heavy atom. The molecule has 0 unspecified atom stereocenters. The summed E-state index contributed by atoms with van der Waals surface area (Å²) in [6.07, 6.45) is 8.20. The minimum absolute atomic E-state index is 0.0479. The predicted octanol–water partition coefficient (Wildman–Crippen LogP) is 4.40. The van der Waals surface area contributed by atoms with Crippen molar-refractivity contribution in [3.05, 3.63) is 59.7 Å². The van der Waals surface area contributed by atoms with E-state index in [2.05, 4.69) is 21.4 Å². The van der Waals surface area contributed by atoms with E-state index in [-0.39, 0.29) is 5.91 Å². The first-order valence-electron chi connectivity index (χ1n) is 8.92. The molecule has 3 aromatic rings. The Morgan fingerprint density at radius 1 is 0.960 bits per heavy atom. The number of benzene rings is 2. The summed E-state index contributed by atoms with van der Waals surface area (Å²) in [5.74, 6) is -0.0479. The molecule has 126 valence electrons. The second kappa shape index (κ2) is 7.01. The molecule has 0 spiro atoms. The Balaban J connectivity index is 1.49. The quantitative estimate of drug-likeness (QED) is 0.569. The van der Waals surface area contributed by atoms with Crippen LogP contribution in [0.25, 0.3) is 22.1 Å². The molecule has 0 atom stereocenters. The summed E-state index contributed by atoms with van der Waals surface area (Å²) in [6, 6.07) is 13.3. The van der Waals surface area contributed by atoms with Gasteiger partial charge in [0.15, 0.2) is 0 Å². The number of para-hydroxylation sites is 2. The van der Waals surface area contributed by atoms with Crippen LogP contribution in [0, 0.1) is 0 Å². The minimum Gasteiger partial charge on any atom is -0.352 e. The summed E-state index contributed by atoms with van der Waals surface area (Å²) in [4.78, 5) is 21.6. The minimum atomic E-state index is -0.0479. The monoisotopic (exact) mass is 331 g/mol. The van der Waals surface area contributed by atoms with Gasteiger partial charge < -0.3 is 5.32 Å². The number of nitrogens with one attached hydrogen (secondary N) is 1. The smallest absolute Gasteiger partial charge is 0.251 e. The molecule has 1 aliphatic rings. The fourth-order valence-corrected chi connectivity index (χ4v) is 3.33. The number of carbonyl (C=O) groups is 1. The van der Waals surface area contributed by atoms with Crippen molar-refractivity contribution in [1.82, 2.24) is 15.3 Å². The van der Waals surface area contributed by atoms with Crippen molar-refractivity contribution in [3.8, 4) is 0 Å². The fourth-order valence-electron chi connectivity index (χ4n) is 3.33. The van der Waals surface area contributed by atoms with Crippen molar-refractivity contribution in [2.75, 3.05) is 6.54 Å². The van der Waals surface area contributed by atoms with Crippen molar-refractivity contribution in [1.29, 1.82) is 0 Å². The molecule has 1 aromatic heterocycles. The topological polar surface area (TPSA) is 54.9 Å². The molecule has 0 fully saturated rings. The molecular weight excluding hydrogens is 310 g/mol. The lowest BCUT2D eigenvalue weighted by molar-refractivity contribution is 0.0954. The van der Waals surface area contributed by atoms with Crippen molar-refractivity contribution >= 4 is 28.0 Å². The van der Waals surface area contributed by atoms with Gasteiger partial charge in [0, 0.05) is 12.1 Å². The van der Waals surface area contributed by atoms with E-state index < -0.39 is 0 Å². The van der Waals surface area contributed by atoms with Gasteiger partial charge in [0.1, 0.15) is 0 Å². The molecule has 4 nitrogen and oxygen atoms in total. The van der Waals surface area contributed by atoms with Gasteiger partial charge in [-0.15, -0.1) is 0 Å². The molecular formula is C21H21N3O. The summed E-state index contributed by atoms with van der Waals surface area (Å²) in [7, 11) is 0. The summed E-state index contributed by atoms with van der Waals surface area (Å²) in [5, 5.41) is 3.02. The van der Waals surface area contributed by atoms with Crippen LogP contribution < -0.4 is 5.32 Å². The Bertz CT molecular complexity index is 962. The molecule has 0 saturated carbocycles. The summed E-state index contributed by atoms with van der Waals surface area (Å²) < 4.78 is 0. The number of hydrogen-bond acceptors (Lipinski definition) is 3. The second-order valence-electron chi connectivity index (χ2n) is 6.53. The number of allylic oxidation sites excluding steroid dienone is 1. The number of nitrogens with zero attached hydrogens (tertiary/aromatic N) is 2. The molecule has 0 aliphatic heterocycles. The largest absolute Gasteiger partial charge is 0.352 e. The van der Waals surface area contributed by atoms with E-state index in [9.17, 15) is 4.79 Å². The first kappa shape index (κ1) is 15.8. The lowest BCUT2D eigenvalue weighted by Crippen LogP contribution is -2.24. The third-order valence-electron chi connectivity index (χ3n) is 4.72. The first-order chi connectivity index (χ1) is 12.3. The van der Waals surface area contributed by atoms with E-state index in [1.807, 2.05) is 42.5 Å². The molecule has 1 amide bonds. The highest BCUT2D eigenvalue weighted by molar-refractivity contribution is 5.98. The summed E-state index contributed by atoms with van der Waals surface area (Å²) in [6.45, 7) is 0.687. The predicted molar refractivity (Wildman–Crippen MR) is 101 cm³/mol. The zero-order valence-electron chi connectivity index (χ0n) is 14.2. The van der Waals surface area contributed by atoms with Gasteiger partial charge in [-0.1, -0.05) is 23.8 Å². The molecule has 0 radical (unpaired) electrons. The maximum atomic E-state index is 12.4. The lowest BCUT2D eigenvalue weighted by atomic mass is 9.97. The Hall–Kier alpha value is -2.75. The average molecular weight is 331 g/mol. The van der Waals surface area contributed by atoms with E-state index in [1.54, 1.807) is 0 Å². The molecule has 25 heavy (non-hydrogen) atoms. The fraction of sp³-hybridized carbons (Fsp3) is 0.286. The molecule has 0 bridgehead atoms. The maximum absolute atomic E-state index is 12.4. The SMILES string of the molecule is O=C(NCCC1=CCCCC1)c1ccc2nc3ccccc3nc2c1. The number of fused-ring (bicyclic) bond motifs is 2. The lowest BCUT2D eigenvalue weighted by Gasteiger charge is -2.13. The highest BCUT2D eigenvalue weighted by Gasteiger charge is 2.09. The Labute approximate surface area is 147 Å². The number of hydrogen-bond donors (Lipinski definition) is 1. The highest BCUT2D eigenvalue weighted by Crippen LogP contribution is 2.20. The van der Waals surface area contributed by atoms with Gasteiger partial charge in [0.05, 0.1) is 22.1 Å². The van der Waals surface area contributed by atoms with Crippen LogP contribution in [-0.4, -0.2) is 22.4 Å². The van der Waals surface area contributed by atoms with Crippen LogP contribution >= 0.6 is 0 Å². The maximum Gasteiger partial charge on any atom is 0.251 e. The van der Waals surface area contributed by atoms with E-state index in [1.165, 1.54) is 31.3 Å². The molecule has 1 N–H and O–H groups in total. The van der Waals surface area contributed by atoms with Gasteiger partial charge in [0.2, 0.25) is 0 Å². The van der Waals surface area contributed by atoms with Crippen LogP contribution in [0.15, 0.2) is 54.1 Å². The molecule has 0 saturated heterocycles. The van der Waals surface area contributed by atoms with Crippen molar-refractivity contribution in [2.24, 2.45) is 0 Å². The normalized spacial score (nSPS) is 14.5. The third-order valence-corrected chi connectivity index (χ3v) is 4.72. The Morgan fingerprint density at radius 2 is 1.72 bits per heavy atom. The van der Waals surface area contributed by atoms with Gasteiger partial charge in [-0.05, 0) is 62.4 Å². The number of carbonyl (C=O) groups excluding carboxylic acids is 1. The van der Waals surface area contributed by atoms with Gasteiger partial charge in [-0.2, -0.15) is 0 Å². The van der Waals surface area contributed by atoms with Gasteiger partial charge in [0.25, 0.3) is 5.91 Å². The highest BCUT2D eigenvalue weighted by atomic mass is 16.1. The van der Waals surface area contributed by atoms with Crippen LogP contribution in [0.5, 0.6) is 0 Å². The third kappa shape index (κ3) is 3.53. The first-order valence-corrected chi connectivity index (χ1v) is 8.92. The zero-order chi connectivity index (χ0) is 17.1. The van der Waals surface area contributed by atoms with Crippen LogP contribution in [0.4, 0.5) is 0 Å². The standard InChI is InChI=1S/C21H21N3O/c25-21(22-13-12-15-6-2-1-3-7-15)16-10-11-19-20(14-16)24-18-9-5-4-8-17(18)23-19/h4-6,8-11,14H,1-3,7,12-13H2,(H,22,25). The van der Waals surface area contributed by atoms with E-state index in [0.29, 0.717) is 12.1 Å². The van der Waals surface area contributed by atoms with Crippen LogP contribution in [0.1, 0.15) is 42.5 Å². The number of rotatable bonds is 4. The number of aromatic nitrogens is 2. The Kier molecular flexibility index (Phi) is 4.42. The van der Waals surface area contributed by atoms with E-state index >= 15 is 0 Å². The molecule has 1 heterocycles. The van der Waals surface area contributed by atoms with Crippen molar-refractivity contribution in [3.63, 3.8) is 0 Å². The second-order valence-corrected chi connectivity index (χ2v) is 6.53. The van der Waals surface area contributed by atoms with Gasteiger partial charge in [-0.3, -0.25) is 4.79 Å². The van der Waals surface area contributed by atoms with E-state index in [4.69, 9.17) is 0 Å². The van der Waals surface area contributed by atoms with Crippen LogP contribution in [0.2, 0.25) is 0 Å². The number of amides is 1. The van der Waals surface area contributed by atoms with Gasteiger partial charge in [-0.25, -0.2) is 9.97 Å². The summed E-state index contributed by atoms with van der Waals surface area (Å²) >= 11 is 0. The summed E-state index contributed by atoms with van der Waals surface area (Å²) in [5.41, 5.74) is 5.38.